The minimum Gasteiger partial charge on any atom is -0.497 e. The quantitative estimate of drug-likeness (QED) is 0.913. The summed E-state index contributed by atoms with van der Waals surface area (Å²) in [5, 5.41) is 2.69. The number of ether oxygens (including phenoxy) is 2. The largest absolute Gasteiger partial charge is 0.497 e. The lowest BCUT2D eigenvalue weighted by Crippen LogP contribution is -2.23. The van der Waals surface area contributed by atoms with E-state index in [4.69, 9.17) is 9.47 Å². The topological polar surface area (TPSA) is 69.6 Å². The van der Waals surface area contributed by atoms with Crippen molar-refractivity contribution in [3.63, 3.8) is 0 Å². The zero-order valence-electron chi connectivity index (χ0n) is 12.8. The molecule has 0 unspecified atom stereocenters. The predicted molar refractivity (Wildman–Crippen MR) is 83.5 cm³/mol. The van der Waals surface area contributed by atoms with E-state index in [-0.39, 0.29) is 23.7 Å². The number of carbonyl (C=O) groups is 1. The van der Waals surface area contributed by atoms with Crippen molar-refractivity contribution in [3.05, 3.63) is 52.4 Å². The Labute approximate surface area is 128 Å². The number of hydrogen-bond donors (Lipinski definition) is 1. The Balaban J connectivity index is 1.98. The molecule has 116 valence electrons. The van der Waals surface area contributed by atoms with Crippen LogP contribution in [0.2, 0.25) is 0 Å². The van der Waals surface area contributed by atoms with Crippen molar-refractivity contribution in [2.75, 3.05) is 19.0 Å². The summed E-state index contributed by atoms with van der Waals surface area (Å²) < 4.78 is 12.2. The number of nitrogens with zero attached hydrogens (tertiary/aromatic N) is 1. The molecule has 1 aromatic carbocycles. The van der Waals surface area contributed by atoms with E-state index in [9.17, 15) is 9.59 Å². The Hall–Kier alpha value is -2.76. The highest BCUT2D eigenvalue weighted by molar-refractivity contribution is 5.91. The Morgan fingerprint density at radius 3 is 2.55 bits per heavy atom. The number of carbonyl (C=O) groups excluding carboxylic acids is 1. The van der Waals surface area contributed by atoms with Gasteiger partial charge in [0.1, 0.15) is 5.75 Å². The van der Waals surface area contributed by atoms with Gasteiger partial charge in [0.2, 0.25) is 5.43 Å². The molecule has 0 aliphatic rings. The molecular weight excluding hydrogens is 284 g/mol. The Bertz CT molecular complexity index is 720. The van der Waals surface area contributed by atoms with Gasteiger partial charge >= 0.3 is 0 Å². The average molecular weight is 302 g/mol. The van der Waals surface area contributed by atoms with Crippen molar-refractivity contribution in [1.82, 2.24) is 4.57 Å². The molecule has 1 N–H and O–H groups in total. The number of hydrogen-bond acceptors (Lipinski definition) is 4. The van der Waals surface area contributed by atoms with Crippen molar-refractivity contribution in [2.24, 2.45) is 7.05 Å². The molecule has 2 aromatic rings. The molecule has 0 aliphatic heterocycles. The fourth-order valence-electron chi connectivity index (χ4n) is 1.89. The molecule has 0 bridgehead atoms. The summed E-state index contributed by atoms with van der Waals surface area (Å²) in [6, 6.07) is 8.35. The van der Waals surface area contributed by atoms with E-state index in [2.05, 4.69) is 5.32 Å². The summed E-state index contributed by atoms with van der Waals surface area (Å²) >= 11 is 0. The average Bonchev–Trinajstić information content (AvgIpc) is 2.52. The van der Waals surface area contributed by atoms with Gasteiger partial charge in [-0.25, -0.2) is 0 Å². The highest BCUT2D eigenvalue weighted by Gasteiger charge is 2.10. The lowest BCUT2D eigenvalue weighted by Gasteiger charge is -2.11. The van der Waals surface area contributed by atoms with E-state index in [1.165, 1.54) is 6.07 Å². The van der Waals surface area contributed by atoms with Crippen LogP contribution in [-0.2, 0) is 11.8 Å². The minimum absolute atomic E-state index is 0.190. The molecule has 0 saturated carbocycles. The molecule has 6 heteroatoms. The maximum atomic E-state index is 11.9. The zero-order chi connectivity index (χ0) is 16.1. The van der Waals surface area contributed by atoms with Crippen molar-refractivity contribution in [1.29, 1.82) is 0 Å². The maximum Gasteiger partial charge on any atom is 0.262 e. The van der Waals surface area contributed by atoms with Gasteiger partial charge in [-0.2, -0.15) is 0 Å². The van der Waals surface area contributed by atoms with Crippen molar-refractivity contribution < 1.29 is 14.3 Å². The van der Waals surface area contributed by atoms with Crippen LogP contribution in [0.5, 0.6) is 11.5 Å². The highest BCUT2D eigenvalue weighted by Crippen LogP contribution is 2.15. The van der Waals surface area contributed by atoms with Crippen LogP contribution in [0.25, 0.3) is 0 Å². The zero-order valence-corrected chi connectivity index (χ0v) is 12.8. The SMILES string of the molecule is COc1ccc(NC(=O)COc2c(C)n(C)ccc2=O)cc1. The number of amides is 1. The van der Waals surface area contributed by atoms with Crippen LogP contribution in [-0.4, -0.2) is 24.2 Å². The van der Waals surface area contributed by atoms with Gasteiger partial charge in [0.15, 0.2) is 12.4 Å². The van der Waals surface area contributed by atoms with Gasteiger partial charge in [-0.05, 0) is 31.2 Å². The van der Waals surface area contributed by atoms with Gasteiger partial charge in [0.25, 0.3) is 5.91 Å². The molecule has 0 aliphatic carbocycles. The van der Waals surface area contributed by atoms with Gasteiger partial charge in [-0.1, -0.05) is 0 Å². The summed E-state index contributed by atoms with van der Waals surface area (Å²) in [5.74, 6) is 0.558. The predicted octanol–water partition coefficient (Wildman–Crippen LogP) is 1.72. The number of pyridine rings is 1. The molecule has 22 heavy (non-hydrogen) atoms. The van der Waals surface area contributed by atoms with E-state index in [1.54, 1.807) is 56.1 Å². The second-order valence-corrected chi connectivity index (χ2v) is 4.77. The number of benzene rings is 1. The number of rotatable bonds is 5. The fraction of sp³-hybridized carbons (Fsp3) is 0.250. The van der Waals surface area contributed by atoms with E-state index in [0.29, 0.717) is 17.1 Å². The van der Waals surface area contributed by atoms with Crippen LogP contribution in [0.15, 0.2) is 41.3 Å². The molecular formula is C16H18N2O4. The van der Waals surface area contributed by atoms with E-state index >= 15 is 0 Å². The lowest BCUT2D eigenvalue weighted by molar-refractivity contribution is -0.118. The van der Waals surface area contributed by atoms with Crippen LogP contribution >= 0.6 is 0 Å². The molecule has 1 amide bonds. The van der Waals surface area contributed by atoms with Crippen LogP contribution in [0.1, 0.15) is 5.69 Å². The molecule has 0 saturated heterocycles. The molecule has 1 heterocycles. The Kier molecular flexibility index (Phi) is 4.83. The maximum absolute atomic E-state index is 11.9. The molecule has 6 nitrogen and oxygen atoms in total. The molecule has 0 atom stereocenters. The summed E-state index contributed by atoms with van der Waals surface area (Å²) in [4.78, 5) is 23.6. The van der Waals surface area contributed by atoms with Gasteiger partial charge in [-0.15, -0.1) is 0 Å². The molecule has 0 radical (unpaired) electrons. The third kappa shape index (κ3) is 3.66. The van der Waals surface area contributed by atoms with Gasteiger partial charge < -0.3 is 19.4 Å². The van der Waals surface area contributed by atoms with Crippen LogP contribution in [0, 0.1) is 6.92 Å². The highest BCUT2D eigenvalue weighted by atomic mass is 16.5. The summed E-state index contributed by atoms with van der Waals surface area (Å²) in [6.07, 6.45) is 1.65. The van der Waals surface area contributed by atoms with Crippen LogP contribution in [0.4, 0.5) is 5.69 Å². The first-order valence-corrected chi connectivity index (χ1v) is 6.74. The summed E-state index contributed by atoms with van der Waals surface area (Å²) in [6.45, 7) is 1.53. The number of methoxy groups -OCH3 is 1. The van der Waals surface area contributed by atoms with Crippen molar-refractivity contribution in [2.45, 2.75) is 6.92 Å². The number of aryl methyl sites for hydroxylation is 1. The number of anilines is 1. The van der Waals surface area contributed by atoms with Gasteiger partial charge in [-0.3, -0.25) is 9.59 Å². The molecule has 0 fully saturated rings. The lowest BCUT2D eigenvalue weighted by atomic mass is 10.3. The molecule has 1 aromatic heterocycles. The van der Waals surface area contributed by atoms with Crippen molar-refractivity contribution >= 4 is 11.6 Å². The Morgan fingerprint density at radius 2 is 1.91 bits per heavy atom. The molecule has 2 rings (SSSR count). The summed E-state index contributed by atoms with van der Waals surface area (Å²) in [7, 11) is 3.38. The normalized spacial score (nSPS) is 10.1. The monoisotopic (exact) mass is 302 g/mol. The fourth-order valence-corrected chi connectivity index (χ4v) is 1.89. The first-order chi connectivity index (χ1) is 10.5. The van der Waals surface area contributed by atoms with E-state index in [1.807, 2.05) is 0 Å². The standard InChI is InChI=1S/C16H18N2O4/c1-11-16(14(19)8-9-18(11)2)22-10-15(20)17-12-4-6-13(21-3)7-5-12/h4-9H,10H2,1-3H3,(H,17,20). The third-order valence-electron chi connectivity index (χ3n) is 3.25. The smallest absolute Gasteiger partial charge is 0.262 e. The van der Waals surface area contributed by atoms with Crippen LogP contribution in [0.3, 0.4) is 0 Å². The molecule has 0 spiro atoms. The third-order valence-corrected chi connectivity index (χ3v) is 3.25. The van der Waals surface area contributed by atoms with E-state index in [0.717, 1.165) is 0 Å². The second-order valence-electron chi connectivity index (χ2n) is 4.77. The van der Waals surface area contributed by atoms with Crippen molar-refractivity contribution in [3.8, 4) is 11.5 Å². The first-order valence-electron chi connectivity index (χ1n) is 6.74. The first kappa shape index (κ1) is 15.6. The second kappa shape index (κ2) is 6.80. The van der Waals surface area contributed by atoms with E-state index < -0.39 is 0 Å². The minimum atomic E-state index is -0.338. The Morgan fingerprint density at radius 1 is 1.23 bits per heavy atom. The van der Waals surface area contributed by atoms with Gasteiger partial charge in [0.05, 0.1) is 12.8 Å². The van der Waals surface area contributed by atoms with Gasteiger partial charge in [0, 0.05) is 25.0 Å². The van der Waals surface area contributed by atoms with Crippen LogP contribution < -0.4 is 20.2 Å². The number of nitrogens with one attached hydrogen (secondary N) is 1. The summed E-state index contributed by atoms with van der Waals surface area (Å²) in [5.41, 5.74) is 1.06. The number of aromatic nitrogens is 1.